The zero-order valence-corrected chi connectivity index (χ0v) is 17.1. The summed E-state index contributed by atoms with van der Waals surface area (Å²) in [7, 11) is 1.54. The Labute approximate surface area is 179 Å². The van der Waals surface area contributed by atoms with Crippen LogP contribution in [-0.4, -0.2) is 63.3 Å². The number of ether oxygens (including phenoxy) is 1. The maximum absolute atomic E-state index is 13.3. The molecule has 31 heavy (non-hydrogen) atoms. The topological polar surface area (TPSA) is 113 Å². The number of likely N-dealkylation sites (tertiary alicyclic amines) is 1. The van der Waals surface area contributed by atoms with Gasteiger partial charge in [-0.05, 0) is 42.7 Å². The lowest BCUT2D eigenvalue weighted by Crippen LogP contribution is -2.58. The van der Waals surface area contributed by atoms with Gasteiger partial charge in [-0.25, -0.2) is 0 Å². The molecule has 2 heterocycles. The van der Waals surface area contributed by atoms with Gasteiger partial charge in [0, 0.05) is 25.5 Å². The number of carbonyl (C=O) groups is 2. The van der Waals surface area contributed by atoms with Crippen LogP contribution in [0.2, 0.25) is 0 Å². The number of carboxylic acids is 1. The van der Waals surface area contributed by atoms with Crippen LogP contribution < -0.4 is 4.74 Å². The van der Waals surface area contributed by atoms with Crippen LogP contribution in [0.5, 0.6) is 5.75 Å². The summed E-state index contributed by atoms with van der Waals surface area (Å²) >= 11 is 0. The third-order valence-corrected chi connectivity index (χ3v) is 5.88. The van der Waals surface area contributed by atoms with E-state index in [0.717, 1.165) is 0 Å². The average molecular weight is 421 g/mol. The van der Waals surface area contributed by atoms with E-state index in [2.05, 4.69) is 9.97 Å². The molecule has 1 fully saturated rings. The number of para-hydroxylation sites is 1. The first kappa shape index (κ1) is 20.7. The van der Waals surface area contributed by atoms with Crippen molar-refractivity contribution in [3.63, 3.8) is 0 Å². The maximum atomic E-state index is 13.3. The van der Waals surface area contributed by atoms with Gasteiger partial charge in [-0.15, -0.1) is 0 Å². The van der Waals surface area contributed by atoms with Gasteiger partial charge >= 0.3 is 5.97 Å². The van der Waals surface area contributed by atoms with Crippen molar-refractivity contribution < 1.29 is 24.5 Å². The monoisotopic (exact) mass is 421 g/mol. The predicted molar refractivity (Wildman–Crippen MR) is 113 cm³/mol. The van der Waals surface area contributed by atoms with Crippen LogP contribution in [0, 0.1) is 5.41 Å². The van der Waals surface area contributed by atoms with Gasteiger partial charge in [0.05, 0.1) is 24.3 Å². The molecular formula is C23H23N3O5. The Morgan fingerprint density at radius 3 is 2.74 bits per heavy atom. The molecule has 1 aromatic heterocycles. The first-order valence-electron chi connectivity index (χ1n) is 9.98. The van der Waals surface area contributed by atoms with E-state index in [1.54, 1.807) is 48.7 Å². The van der Waals surface area contributed by atoms with Crippen LogP contribution in [0.4, 0.5) is 0 Å². The smallest absolute Gasteiger partial charge is 0.314 e. The predicted octanol–water partition coefficient (Wildman–Crippen LogP) is 2.16. The van der Waals surface area contributed by atoms with Gasteiger partial charge in [-0.1, -0.05) is 18.2 Å². The van der Waals surface area contributed by atoms with E-state index in [0.29, 0.717) is 27.9 Å². The third-order valence-electron chi connectivity index (χ3n) is 5.88. The molecule has 0 spiro atoms. The SMILES string of the molecule is COc1cccc(C[C@@]2(C(=O)O)CN(C(=O)c3cccc4nccnc34)CC[C@@H]2O)c1. The number of methoxy groups -OCH3 is 1. The fourth-order valence-corrected chi connectivity index (χ4v) is 4.19. The van der Waals surface area contributed by atoms with Gasteiger partial charge in [-0.3, -0.25) is 19.6 Å². The van der Waals surface area contributed by atoms with Crippen molar-refractivity contribution in [3.8, 4) is 5.75 Å². The van der Waals surface area contributed by atoms with E-state index >= 15 is 0 Å². The quantitative estimate of drug-likeness (QED) is 0.649. The Kier molecular flexibility index (Phi) is 5.56. The van der Waals surface area contributed by atoms with Gasteiger partial charge in [0.25, 0.3) is 5.91 Å². The van der Waals surface area contributed by atoms with E-state index < -0.39 is 17.5 Å². The van der Waals surface area contributed by atoms with E-state index in [4.69, 9.17) is 4.74 Å². The molecule has 2 atom stereocenters. The van der Waals surface area contributed by atoms with Gasteiger partial charge in [0.15, 0.2) is 0 Å². The molecule has 1 aliphatic heterocycles. The number of aliphatic hydroxyl groups is 1. The molecule has 2 N–H and O–H groups in total. The minimum Gasteiger partial charge on any atom is -0.497 e. The number of carboxylic acid groups (broad SMARTS) is 1. The number of hydrogen-bond donors (Lipinski definition) is 2. The second-order valence-corrected chi connectivity index (χ2v) is 7.75. The number of carbonyl (C=O) groups excluding carboxylic acids is 1. The van der Waals surface area contributed by atoms with Crippen LogP contribution >= 0.6 is 0 Å². The molecule has 0 saturated carbocycles. The first-order valence-corrected chi connectivity index (χ1v) is 9.98. The van der Waals surface area contributed by atoms with E-state index in [-0.39, 0.29) is 31.8 Å². The van der Waals surface area contributed by atoms with Crippen molar-refractivity contribution in [2.75, 3.05) is 20.2 Å². The maximum Gasteiger partial charge on any atom is 0.314 e. The van der Waals surface area contributed by atoms with Crippen molar-refractivity contribution in [1.29, 1.82) is 0 Å². The number of nitrogens with zero attached hydrogens (tertiary/aromatic N) is 3. The number of benzene rings is 2. The highest BCUT2D eigenvalue weighted by molar-refractivity contribution is 6.04. The number of amides is 1. The standard InChI is InChI=1S/C23H23N3O5/c1-31-16-5-2-4-15(12-16)13-23(22(29)30)14-26(11-8-19(23)27)21(28)17-6-3-7-18-20(17)25-10-9-24-18/h2-7,9-10,12,19,27H,8,11,13-14H2,1H3,(H,29,30)/t19-,23+/m0/s1. The number of hydrogen-bond acceptors (Lipinski definition) is 6. The van der Waals surface area contributed by atoms with Gasteiger partial charge < -0.3 is 19.8 Å². The summed E-state index contributed by atoms with van der Waals surface area (Å²) in [5.74, 6) is -0.863. The van der Waals surface area contributed by atoms with Gasteiger partial charge in [0.2, 0.25) is 0 Å². The minimum absolute atomic E-state index is 0.0693. The molecule has 2 aromatic carbocycles. The van der Waals surface area contributed by atoms with Crippen LogP contribution in [0.1, 0.15) is 22.3 Å². The van der Waals surface area contributed by atoms with Crippen LogP contribution in [0.3, 0.4) is 0 Å². The van der Waals surface area contributed by atoms with Crippen LogP contribution in [0.15, 0.2) is 54.9 Å². The molecule has 3 aromatic rings. The van der Waals surface area contributed by atoms with E-state index in [9.17, 15) is 19.8 Å². The Hall–Kier alpha value is -3.52. The average Bonchev–Trinajstić information content (AvgIpc) is 2.79. The lowest BCUT2D eigenvalue weighted by Gasteiger charge is -2.43. The van der Waals surface area contributed by atoms with Gasteiger partial charge in [-0.2, -0.15) is 0 Å². The number of rotatable bonds is 5. The number of piperidine rings is 1. The number of fused-ring (bicyclic) bond motifs is 1. The summed E-state index contributed by atoms with van der Waals surface area (Å²) in [6, 6.07) is 12.2. The fourth-order valence-electron chi connectivity index (χ4n) is 4.19. The summed E-state index contributed by atoms with van der Waals surface area (Å²) in [4.78, 5) is 35.8. The normalized spacial score (nSPS) is 21.1. The molecule has 0 unspecified atom stereocenters. The lowest BCUT2D eigenvalue weighted by atomic mass is 9.72. The summed E-state index contributed by atoms with van der Waals surface area (Å²) in [5, 5.41) is 20.9. The highest BCUT2D eigenvalue weighted by atomic mass is 16.5. The Balaban J connectivity index is 1.68. The molecule has 8 nitrogen and oxygen atoms in total. The highest BCUT2D eigenvalue weighted by Gasteiger charge is 2.50. The van der Waals surface area contributed by atoms with Crippen molar-refractivity contribution in [2.45, 2.75) is 18.9 Å². The second-order valence-electron chi connectivity index (χ2n) is 7.75. The Bertz CT molecular complexity index is 1130. The van der Waals surface area contributed by atoms with Crippen LogP contribution in [0.25, 0.3) is 11.0 Å². The molecule has 160 valence electrons. The molecule has 8 heteroatoms. The Morgan fingerprint density at radius 2 is 1.97 bits per heavy atom. The molecular weight excluding hydrogens is 398 g/mol. The number of aliphatic carboxylic acids is 1. The summed E-state index contributed by atoms with van der Waals surface area (Å²) in [5.41, 5.74) is 0.603. The number of aromatic nitrogens is 2. The van der Waals surface area contributed by atoms with Crippen molar-refractivity contribution in [1.82, 2.24) is 14.9 Å². The molecule has 1 amide bonds. The molecule has 0 radical (unpaired) electrons. The van der Waals surface area contributed by atoms with Crippen molar-refractivity contribution in [3.05, 3.63) is 66.0 Å². The molecule has 1 saturated heterocycles. The summed E-state index contributed by atoms with van der Waals surface area (Å²) < 4.78 is 5.24. The fraction of sp³-hybridized carbons (Fsp3) is 0.304. The molecule has 4 rings (SSSR count). The van der Waals surface area contributed by atoms with E-state index in [1.807, 2.05) is 0 Å². The summed E-state index contributed by atoms with van der Waals surface area (Å²) in [6.45, 7) is 0.139. The first-order chi connectivity index (χ1) is 14.9. The molecule has 0 aliphatic carbocycles. The highest BCUT2D eigenvalue weighted by Crippen LogP contribution is 2.36. The zero-order valence-electron chi connectivity index (χ0n) is 17.1. The molecule has 1 aliphatic rings. The second kappa shape index (κ2) is 8.31. The third kappa shape index (κ3) is 3.82. The van der Waals surface area contributed by atoms with E-state index in [1.165, 1.54) is 18.2 Å². The van der Waals surface area contributed by atoms with Gasteiger partial charge in [0.1, 0.15) is 16.7 Å². The van der Waals surface area contributed by atoms with Crippen molar-refractivity contribution in [2.24, 2.45) is 5.41 Å². The molecule has 0 bridgehead atoms. The number of aliphatic hydroxyl groups excluding tert-OH is 1. The van der Waals surface area contributed by atoms with Crippen molar-refractivity contribution >= 4 is 22.9 Å². The summed E-state index contributed by atoms with van der Waals surface area (Å²) in [6.07, 6.45) is 2.21. The van der Waals surface area contributed by atoms with Crippen LogP contribution in [-0.2, 0) is 11.2 Å². The lowest BCUT2D eigenvalue weighted by molar-refractivity contribution is -0.161. The zero-order chi connectivity index (χ0) is 22.0. The largest absolute Gasteiger partial charge is 0.497 e. The minimum atomic E-state index is -1.53. The Morgan fingerprint density at radius 1 is 1.19 bits per heavy atom.